The van der Waals surface area contributed by atoms with Crippen LogP contribution in [-0.4, -0.2) is 43.4 Å². The zero-order valence-corrected chi connectivity index (χ0v) is 13.1. The number of carbonyl (C=O) groups is 1. The standard InChI is InChI=1S/C16H21N5O/c1-12-9-13(2)19-16(18-12)14-3-7-21(10-14)15(22)4-6-20-8-5-17-11-20/h5,8-9,11,14H,3-4,6-7,10H2,1-2H3/t14-/m0/s1. The van der Waals surface area contributed by atoms with Crippen LogP contribution in [0.4, 0.5) is 0 Å². The highest BCUT2D eigenvalue weighted by molar-refractivity contribution is 5.76. The molecule has 3 rings (SSSR count). The maximum absolute atomic E-state index is 12.3. The number of imidazole rings is 1. The minimum Gasteiger partial charge on any atom is -0.342 e. The van der Waals surface area contributed by atoms with E-state index in [1.54, 1.807) is 12.5 Å². The third kappa shape index (κ3) is 3.32. The number of carbonyl (C=O) groups excluding carboxylic acids is 1. The van der Waals surface area contributed by atoms with Crippen molar-refractivity contribution in [3.8, 4) is 0 Å². The lowest BCUT2D eigenvalue weighted by atomic mass is 10.1. The minimum atomic E-state index is 0.195. The summed E-state index contributed by atoms with van der Waals surface area (Å²) in [5.41, 5.74) is 1.99. The Hall–Kier alpha value is -2.24. The van der Waals surface area contributed by atoms with Crippen molar-refractivity contribution in [2.45, 2.75) is 39.2 Å². The summed E-state index contributed by atoms with van der Waals surface area (Å²) in [5, 5.41) is 0. The van der Waals surface area contributed by atoms with Crippen molar-refractivity contribution in [1.29, 1.82) is 0 Å². The van der Waals surface area contributed by atoms with Gasteiger partial charge in [0.25, 0.3) is 0 Å². The molecule has 2 aromatic rings. The molecule has 0 aromatic carbocycles. The van der Waals surface area contributed by atoms with Gasteiger partial charge in [-0.1, -0.05) is 0 Å². The monoisotopic (exact) mass is 299 g/mol. The normalized spacial score (nSPS) is 17.9. The van der Waals surface area contributed by atoms with Crippen LogP contribution in [0.15, 0.2) is 24.8 Å². The Balaban J connectivity index is 1.58. The molecular formula is C16H21N5O. The molecule has 0 bridgehead atoms. The van der Waals surface area contributed by atoms with E-state index in [-0.39, 0.29) is 11.8 Å². The van der Waals surface area contributed by atoms with Gasteiger partial charge in [-0.3, -0.25) is 4.79 Å². The number of rotatable bonds is 4. The van der Waals surface area contributed by atoms with Crippen LogP contribution < -0.4 is 0 Å². The van der Waals surface area contributed by atoms with Gasteiger partial charge in [-0.15, -0.1) is 0 Å². The zero-order chi connectivity index (χ0) is 15.5. The van der Waals surface area contributed by atoms with Crippen LogP contribution in [0.3, 0.4) is 0 Å². The summed E-state index contributed by atoms with van der Waals surface area (Å²) in [5.74, 6) is 1.33. The van der Waals surface area contributed by atoms with Gasteiger partial charge in [0.2, 0.25) is 5.91 Å². The second-order valence-corrected chi connectivity index (χ2v) is 5.88. The van der Waals surface area contributed by atoms with E-state index in [0.717, 1.165) is 36.7 Å². The molecule has 0 aliphatic carbocycles. The van der Waals surface area contributed by atoms with Crippen LogP contribution in [0.2, 0.25) is 0 Å². The summed E-state index contributed by atoms with van der Waals surface area (Å²) >= 11 is 0. The van der Waals surface area contributed by atoms with Crippen LogP contribution in [0.25, 0.3) is 0 Å². The third-order valence-corrected chi connectivity index (χ3v) is 4.05. The highest BCUT2D eigenvalue weighted by Gasteiger charge is 2.29. The van der Waals surface area contributed by atoms with Gasteiger partial charge in [0.15, 0.2) is 0 Å². The maximum atomic E-state index is 12.3. The summed E-state index contributed by atoms with van der Waals surface area (Å²) in [6.45, 7) is 6.18. The van der Waals surface area contributed by atoms with E-state index in [2.05, 4.69) is 15.0 Å². The summed E-state index contributed by atoms with van der Waals surface area (Å²) in [6.07, 6.45) is 6.80. The van der Waals surface area contributed by atoms with Crippen LogP contribution >= 0.6 is 0 Å². The third-order valence-electron chi connectivity index (χ3n) is 4.05. The molecule has 116 valence electrons. The van der Waals surface area contributed by atoms with E-state index in [9.17, 15) is 4.79 Å². The van der Waals surface area contributed by atoms with Gasteiger partial charge in [0.05, 0.1) is 6.33 Å². The molecule has 1 atom stereocenters. The molecule has 0 radical (unpaired) electrons. The van der Waals surface area contributed by atoms with Gasteiger partial charge in [0, 0.05) is 55.8 Å². The second kappa shape index (κ2) is 6.25. The number of aromatic nitrogens is 4. The first-order valence-corrected chi connectivity index (χ1v) is 7.67. The lowest BCUT2D eigenvalue weighted by Crippen LogP contribution is -2.29. The highest BCUT2D eigenvalue weighted by atomic mass is 16.2. The van der Waals surface area contributed by atoms with E-state index < -0.39 is 0 Å². The molecule has 0 unspecified atom stereocenters. The van der Waals surface area contributed by atoms with Gasteiger partial charge in [0.1, 0.15) is 5.82 Å². The van der Waals surface area contributed by atoms with E-state index in [1.807, 2.05) is 35.6 Å². The first-order chi connectivity index (χ1) is 10.6. The van der Waals surface area contributed by atoms with Crippen molar-refractivity contribution in [3.05, 3.63) is 42.0 Å². The zero-order valence-electron chi connectivity index (χ0n) is 13.1. The maximum Gasteiger partial charge on any atom is 0.224 e. The summed E-state index contributed by atoms with van der Waals surface area (Å²) in [7, 11) is 0. The van der Waals surface area contributed by atoms with Gasteiger partial charge < -0.3 is 9.47 Å². The Bertz CT molecular complexity index is 632. The topological polar surface area (TPSA) is 63.9 Å². The number of hydrogen-bond acceptors (Lipinski definition) is 4. The van der Waals surface area contributed by atoms with E-state index in [1.165, 1.54) is 0 Å². The molecule has 6 nitrogen and oxygen atoms in total. The average molecular weight is 299 g/mol. The first kappa shape index (κ1) is 14.7. The highest BCUT2D eigenvalue weighted by Crippen LogP contribution is 2.25. The first-order valence-electron chi connectivity index (χ1n) is 7.67. The van der Waals surface area contributed by atoms with Gasteiger partial charge in [-0.05, 0) is 26.3 Å². The second-order valence-electron chi connectivity index (χ2n) is 5.88. The predicted octanol–water partition coefficient (Wildman–Crippen LogP) is 1.70. The number of amides is 1. The summed E-state index contributed by atoms with van der Waals surface area (Å²) in [4.78, 5) is 27.3. The average Bonchev–Trinajstić information content (AvgIpc) is 3.15. The Labute approximate surface area is 130 Å². The molecule has 0 spiro atoms. The van der Waals surface area contributed by atoms with Crippen LogP contribution in [0.5, 0.6) is 0 Å². The molecule has 1 saturated heterocycles. The van der Waals surface area contributed by atoms with Crippen molar-refractivity contribution in [1.82, 2.24) is 24.4 Å². The predicted molar refractivity (Wildman–Crippen MR) is 82.3 cm³/mol. The smallest absolute Gasteiger partial charge is 0.224 e. The van der Waals surface area contributed by atoms with E-state index >= 15 is 0 Å². The fraction of sp³-hybridized carbons (Fsp3) is 0.500. The molecule has 1 aliphatic heterocycles. The van der Waals surface area contributed by atoms with Gasteiger partial charge in [-0.25, -0.2) is 15.0 Å². The molecular weight excluding hydrogens is 278 g/mol. The van der Waals surface area contributed by atoms with Crippen LogP contribution in [0, 0.1) is 13.8 Å². The largest absolute Gasteiger partial charge is 0.342 e. The number of hydrogen-bond donors (Lipinski definition) is 0. The number of likely N-dealkylation sites (tertiary alicyclic amines) is 1. The summed E-state index contributed by atoms with van der Waals surface area (Å²) < 4.78 is 1.93. The van der Waals surface area contributed by atoms with Crippen molar-refractivity contribution in [2.24, 2.45) is 0 Å². The molecule has 1 amide bonds. The van der Waals surface area contributed by atoms with Crippen molar-refractivity contribution in [2.75, 3.05) is 13.1 Å². The fourth-order valence-corrected chi connectivity index (χ4v) is 2.94. The summed E-state index contributed by atoms with van der Waals surface area (Å²) in [6, 6.07) is 1.98. The van der Waals surface area contributed by atoms with Crippen LogP contribution in [-0.2, 0) is 11.3 Å². The van der Waals surface area contributed by atoms with E-state index in [0.29, 0.717) is 13.0 Å². The fourth-order valence-electron chi connectivity index (χ4n) is 2.94. The van der Waals surface area contributed by atoms with Crippen LogP contribution in [0.1, 0.15) is 36.0 Å². The number of nitrogens with zero attached hydrogens (tertiary/aromatic N) is 5. The Kier molecular flexibility index (Phi) is 4.18. The molecule has 0 N–H and O–H groups in total. The Morgan fingerprint density at radius 3 is 2.77 bits per heavy atom. The molecule has 3 heterocycles. The van der Waals surface area contributed by atoms with Crippen molar-refractivity contribution >= 4 is 5.91 Å². The molecule has 2 aromatic heterocycles. The molecule has 0 saturated carbocycles. The van der Waals surface area contributed by atoms with Crippen molar-refractivity contribution in [3.63, 3.8) is 0 Å². The SMILES string of the molecule is Cc1cc(C)nc([C@H]2CCN(C(=O)CCn3ccnc3)C2)n1. The molecule has 22 heavy (non-hydrogen) atoms. The lowest BCUT2D eigenvalue weighted by molar-refractivity contribution is -0.130. The van der Waals surface area contributed by atoms with Crippen molar-refractivity contribution < 1.29 is 4.79 Å². The quantitative estimate of drug-likeness (QED) is 0.862. The molecule has 1 fully saturated rings. The van der Waals surface area contributed by atoms with Gasteiger partial charge >= 0.3 is 0 Å². The minimum absolute atomic E-state index is 0.195. The van der Waals surface area contributed by atoms with Gasteiger partial charge in [-0.2, -0.15) is 0 Å². The molecule has 1 aliphatic rings. The number of aryl methyl sites for hydroxylation is 3. The Morgan fingerprint density at radius 1 is 1.32 bits per heavy atom. The Morgan fingerprint density at radius 2 is 2.09 bits per heavy atom. The lowest BCUT2D eigenvalue weighted by Gasteiger charge is -2.16. The van der Waals surface area contributed by atoms with E-state index in [4.69, 9.17) is 0 Å². The molecule has 6 heteroatoms.